The van der Waals surface area contributed by atoms with Crippen molar-refractivity contribution >= 4 is 5.91 Å². The van der Waals surface area contributed by atoms with Gasteiger partial charge in [0.05, 0.1) is 0 Å². The van der Waals surface area contributed by atoms with E-state index in [1.54, 1.807) is 0 Å². The number of carbonyl (C=O) groups is 1. The fourth-order valence-electron chi connectivity index (χ4n) is 2.08. The van der Waals surface area contributed by atoms with Crippen molar-refractivity contribution in [3.63, 3.8) is 0 Å². The van der Waals surface area contributed by atoms with Crippen LogP contribution in [0.1, 0.15) is 77.6 Å². The lowest BCUT2D eigenvalue weighted by Gasteiger charge is -2.05. The first-order valence-electron chi connectivity index (χ1n) is 7.95. The van der Waals surface area contributed by atoms with Crippen molar-refractivity contribution in [2.24, 2.45) is 0 Å². The Morgan fingerprint density at radius 1 is 0.842 bits per heavy atom. The van der Waals surface area contributed by atoms with Crippen LogP contribution < -0.4 is 10.8 Å². The lowest BCUT2D eigenvalue weighted by Crippen LogP contribution is -2.26. The monoisotopic (exact) mass is 272 g/mol. The van der Waals surface area contributed by atoms with Crippen LogP contribution in [0.3, 0.4) is 0 Å². The van der Waals surface area contributed by atoms with Gasteiger partial charge in [0.2, 0.25) is 5.91 Å². The van der Waals surface area contributed by atoms with Gasteiger partial charge in [-0.1, -0.05) is 58.3 Å². The number of hydrogen-bond donors (Lipinski definition) is 3. The average Bonchev–Trinajstić information content (AvgIpc) is 2.42. The van der Waals surface area contributed by atoms with E-state index in [1.165, 1.54) is 51.4 Å². The summed E-state index contributed by atoms with van der Waals surface area (Å²) in [5.74, 6) is 0.140. The zero-order chi connectivity index (χ0) is 14.2. The molecule has 0 spiro atoms. The molecule has 0 fully saturated rings. The third-order valence-corrected chi connectivity index (χ3v) is 3.29. The van der Waals surface area contributed by atoms with Gasteiger partial charge in [0.15, 0.2) is 0 Å². The fraction of sp³-hybridized carbons (Fsp3) is 0.933. The van der Waals surface area contributed by atoms with Gasteiger partial charge in [-0.05, 0) is 12.8 Å². The Balaban J connectivity index is 3.10. The predicted octanol–water partition coefficient (Wildman–Crippen LogP) is 3.39. The molecule has 0 radical (unpaired) electrons. The number of amides is 1. The molecule has 0 rings (SSSR count). The Hall–Kier alpha value is -0.610. The summed E-state index contributed by atoms with van der Waals surface area (Å²) in [6.45, 7) is 3.41. The molecule has 3 N–H and O–H groups in total. The Bertz CT molecular complexity index is 199. The van der Waals surface area contributed by atoms with Crippen LogP contribution in [-0.4, -0.2) is 24.2 Å². The Morgan fingerprint density at radius 2 is 1.42 bits per heavy atom. The van der Waals surface area contributed by atoms with Gasteiger partial charge >= 0.3 is 0 Å². The highest BCUT2D eigenvalue weighted by Crippen LogP contribution is 2.10. The molecule has 0 aliphatic heterocycles. The molecule has 0 aromatic carbocycles. The van der Waals surface area contributed by atoms with Crippen molar-refractivity contribution in [2.45, 2.75) is 77.6 Å². The van der Waals surface area contributed by atoms with E-state index in [-0.39, 0.29) is 5.91 Å². The minimum Gasteiger partial charge on any atom is -0.356 e. The third-order valence-electron chi connectivity index (χ3n) is 3.29. The van der Waals surface area contributed by atoms with Crippen molar-refractivity contribution in [3.8, 4) is 0 Å². The van der Waals surface area contributed by atoms with E-state index < -0.39 is 0 Å². The summed E-state index contributed by atoms with van der Waals surface area (Å²) in [5.41, 5.74) is 2.07. The van der Waals surface area contributed by atoms with Crippen molar-refractivity contribution < 1.29 is 10.0 Å². The van der Waals surface area contributed by atoms with E-state index in [4.69, 9.17) is 5.21 Å². The molecule has 0 atom stereocenters. The summed E-state index contributed by atoms with van der Waals surface area (Å²) < 4.78 is 0. The number of hydrogen-bond acceptors (Lipinski definition) is 3. The molecule has 0 unspecified atom stereocenters. The fourth-order valence-corrected chi connectivity index (χ4v) is 2.08. The van der Waals surface area contributed by atoms with Crippen LogP contribution in [0.2, 0.25) is 0 Å². The largest absolute Gasteiger partial charge is 0.356 e. The van der Waals surface area contributed by atoms with Gasteiger partial charge < -0.3 is 10.5 Å². The van der Waals surface area contributed by atoms with Gasteiger partial charge in [0, 0.05) is 19.5 Å². The Kier molecular flexibility index (Phi) is 15.0. The molecular formula is C15H32N2O2. The molecular weight excluding hydrogens is 240 g/mol. The number of carbonyl (C=O) groups excluding carboxylic acids is 1. The van der Waals surface area contributed by atoms with E-state index in [0.717, 1.165) is 12.8 Å². The van der Waals surface area contributed by atoms with E-state index in [0.29, 0.717) is 19.5 Å². The lowest BCUT2D eigenvalue weighted by atomic mass is 10.1. The van der Waals surface area contributed by atoms with Crippen LogP contribution in [0.15, 0.2) is 0 Å². The van der Waals surface area contributed by atoms with E-state index >= 15 is 0 Å². The van der Waals surface area contributed by atoms with Crippen molar-refractivity contribution in [3.05, 3.63) is 0 Å². The summed E-state index contributed by atoms with van der Waals surface area (Å²) in [4.78, 5) is 11.4. The molecule has 114 valence electrons. The zero-order valence-electron chi connectivity index (χ0n) is 12.5. The maximum Gasteiger partial charge on any atom is 0.219 e. The van der Waals surface area contributed by atoms with Gasteiger partial charge in [-0.25, -0.2) is 5.48 Å². The predicted molar refractivity (Wildman–Crippen MR) is 79.3 cm³/mol. The van der Waals surface area contributed by atoms with Crippen molar-refractivity contribution in [1.82, 2.24) is 10.8 Å². The number of hydroxylamine groups is 1. The number of unbranched alkanes of at least 4 members (excludes halogenated alkanes) is 8. The van der Waals surface area contributed by atoms with Crippen LogP contribution in [0, 0.1) is 0 Å². The molecule has 0 saturated carbocycles. The highest BCUT2D eigenvalue weighted by Gasteiger charge is 2.00. The van der Waals surface area contributed by atoms with E-state index in [9.17, 15) is 4.79 Å². The standard InChI is InChI=1S/C15H32N2O2/c1-2-3-4-5-6-7-8-9-10-12-15(18)16-13-11-14-17-19/h17,19H,2-14H2,1H3,(H,16,18). The summed E-state index contributed by atoms with van der Waals surface area (Å²) in [5, 5.41) is 11.2. The van der Waals surface area contributed by atoms with Crippen LogP contribution in [0.5, 0.6) is 0 Å². The third kappa shape index (κ3) is 15.3. The van der Waals surface area contributed by atoms with Gasteiger partial charge in [0.1, 0.15) is 0 Å². The summed E-state index contributed by atoms with van der Waals surface area (Å²) in [6.07, 6.45) is 12.9. The van der Waals surface area contributed by atoms with Gasteiger partial charge in [0.25, 0.3) is 0 Å². The molecule has 4 heteroatoms. The average molecular weight is 272 g/mol. The van der Waals surface area contributed by atoms with Crippen molar-refractivity contribution in [1.29, 1.82) is 0 Å². The second-order valence-electron chi connectivity index (χ2n) is 5.19. The van der Waals surface area contributed by atoms with Gasteiger partial charge in [-0.15, -0.1) is 0 Å². The minimum atomic E-state index is 0.140. The van der Waals surface area contributed by atoms with E-state index in [2.05, 4.69) is 17.7 Å². The van der Waals surface area contributed by atoms with Gasteiger partial charge in [-0.3, -0.25) is 4.79 Å². The maximum absolute atomic E-state index is 11.4. The first-order valence-corrected chi connectivity index (χ1v) is 7.95. The maximum atomic E-state index is 11.4. The minimum absolute atomic E-state index is 0.140. The number of rotatable bonds is 14. The second kappa shape index (κ2) is 15.4. The quantitative estimate of drug-likeness (QED) is 0.335. The van der Waals surface area contributed by atoms with Crippen LogP contribution >= 0.6 is 0 Å². The topological polar surface area (TPSA) is 61.4 Å². The second-order valence-corrected chi connectivity index (χ2v) is 5.19. The lowest BCUT2D eigenvalue weighted by molar-refractivity contribution is -0.121. The molecule has 0 aliphatic rings. The summed E-state index contributed by atoms with van der Waals surface area (Å²) in [7, 11) is 0. The molecule has 1 amide bonds. The van der Waals surface area contributed by atoms with Crippen LogP contribution in [0.4, 0.5) is 0 Å². The highest BCUT2D eigenvalue weighted by atomic mass is 16.5. The Labute approximate surface area is 118 Å². The zero-order valence-corrected chi connectivity index (χ0v) is 12.5. The molecule has 19 heavy (non-hydrogen) atoms. The number of nitrogens with one attached hydrogen (secondary N) is 2. The van der Waals surface area contributed by atoms with Crippen LogP contribution in [-0.2, 0) is 4.79 Å². The molecule has 0 aliphatic carbocycles. The normalized spacial score (nSPS) is 10.6. The van der Waals surface area contributed by atoms with Crippen LogP contribution in [0.25, 0.3) is 0 Å². The SMILES string of the molecule is CCCCCCCCCCCC(=O)NCCCNO. The van der Waals surface area contributed by atoms with Crippen molar-refractivity contribution in [2.75, 3.05) is 13.1 Å². The molecule has 0 bridgehead atoms. The Morgan fingerprint density at radius 3 is 2.00 bits per heavy atom. The molecule has 0 saturated heterocycles. The summed E-state index contributed by atoms with van der Waals surface area (Å²) in [6, 6.07) is 0. The first-order chi connectivity index (χ1) is 9.31. The van der Waals surface area contributed by atoms with Gasteiger partial charge in [-0.2, -0.15) is 0 Å². The first kappa shape index (κ1) is 18.4. The smallest absolute Gasteiger partial charge is 0.219 e. The van der Waals surface area contributed by atoms with E-state index in [1.807, 2.05) is 0 Å². The molecule has 4 nitrogen and oxygen atoms in total. The molecule has 0 heterocycles. The summed E-state index contributed by atoms with van der Waals surface area (Å²) >= 11 is 0. The molecule has 0 aromatic rings. The highest BCUT2D eigenvalue weighted by molar-refractivity contribution is 5.75. The molecule has 0 aromatic heterocycles.